The maximum absolute atomic E-state index is 13.4. The first-order valence-electron chi connectivity index (χ1n) is 12.1. The van der Waals surface area contributed by atoms with Crippen molar-refractivity contribution in [3.05, 3.63) is 48.3 Å². The normalized spacial score (nSPS) is 18.9. The third-order valence-corrected chi connectivity index (χ3v) is 6.94. The Morgan fingerprint density at radius 2 is 1.89 bits per heavy atom. The van der Waals surface area contributed by atoms with E-state index in [0.717, 1.165) is 31.4 Å². The van der Waals surface area contributed by atoms with Crippen LogP contribution >= 0.6 is 0 Å². The summed E-state index contributed by atoms with van der Waals surface area (Å²) in [5.41, 5.74) is 1.11. The fourth-order valence-corrected chi connectivity index (χ4v) is 5.16. The standard InChI is InChI=1S/C25H31N5O5/c31-17-28(35)16-20(15-18-5-1-2-6-18)25(34)29-13-3-7-22(29)24(33)27-23(32)19-8-10-21(11-9-19)30-14-4-12-26-30/h4,8-12,14,17-18,20,22,35H,1-3,5-7,13,15-16H2,(H,27,32,33)/t20-,22+/m1/s1. The maximum Gasteiger partial charge on any atom is 0.257 e. The molecular formula is C25H31N5O5. The van der Waals surface area contributed by atoms with Gasteiger partial charge in [-0.05, 0) is 55.5 Å². The number of hydrogen-bond acceptors (Lipinski definition) is 6. The lowest BCUT2D eigenvalue weighted by atomic mass is 9.91. The van der Waals surface area contributed by atoms with Crippen molar-refractivity contribution in [3.63, 3.8) is 0 Å². The Morgan fingerprint density at radius 3 is 2.54 bits per heavy atom. The lowest BCUT2D eigenvalue weighted by molar-refractivity contribution is -0.158. The SMILES string of the molecule is O=CN(O)C[C@@H](CC1CCCC1)C(=O)N1CCC[C@H]1C(=O)NC(=O)c1ccc(-n2cccn2)cc1. The van der Waals surface area contributed by atoms with Gasteiger partial charge in [0.2, 0.25) is 18.2 Å². The minimum absolute atomic E-state index is 0.106. The number of hydroxylamine groups is 2. The molecule has 1 aromatic carbocycles. The van der Waals surface area contributed by atoms with Crippen molar-refractivity contribution < 1.29 is 24.4 Å². The number of nitrogens with zero attached hydrogens (tertiary/aromatic N) is 4. The molecule has 1 aromatic heterocycles. The zero-order valence-electron chi connectivity index (χ0n) is 19.6. The molecule has 1 saturated carbocycles. The van der Waals surface area contributed by atoms with Crippen LogP contribution in [-0.4, -0.2) is 68.2 Å². The summed E-state index contributed by atoms with van der Waals surface area (Å²) in [6.07, 6.45) is 9.67. The molecule has 0 spiro atoms. The molecule has 2 aliphatic rings. The molecule has 2 heterocycles. The van der Waals surface area contributed by atoms with Crippen molar-refractivity contribution in [1.29, 1.82) is 0 Å². The minimum atomic E-state index is -0.760. The molecule has 35 heavy (non-hydrogen) atoms. The quantitative estimate of drug-likeness (QED) is 0.245. The Kier molecular flexibility index (Phi) is 7.91. The maximum atomic E-state index is 13.4. The molecule has 1 saturated heterocycles. The van der Waals surface area contributed by atoms with Gasteiger partial charge in [-0.3, -0.25) is 29.7 Å². The van der Waals surface area contributed by atoms with Gasteiger partial charge < -0.3 is 4.90 Å². The van der Waals surface area contributed by atoms with Crippen LogP contribution in [0.25, 0.3) is 5.69 Å². The summed E-state index contributed by atoms with van der Waals surface area (Å²) in [5, 5.41) is 16.8. The second kappa shape index (κ2) is 11.3. The zero-order valence-corrected chi connectivity index (χ0v) is 19.6. The highest BCUT2D eigenvalue weighted by molar-refractivity contribution is 6.07. The molecule has 1 aliphatic carbocycles. The first-order valence-corrected chi connectivity index (χ1v) is 12.1. The molecule has 0 unspecified atom stereocenters. The van der Waals surface area contributed by atoms with Crippen LogP contribution < -0.4 is 5.32 Å². The van der Waals surface area contributed by atoms with Crippen molar-refractivity contribution in [2.24, 2.45) is 11.8 Å². The van der Waals surface area contributed by atoms with E-state index in [1.54, 1.807) is 47.4 Å². The molecule has 2 aromatic rings. The number of imide groups is 1. The van der Waals surface area contributed by atoms with Crippen molar-refractivity contribution in [2.75, 3.05) is 13.1 Å². The summed E-state index contributed by atoms with van der Waals surface area (Å²) in [5.74, 6) is -1.54. The van der Waals surface area contributed by atoms with Gasteiger partial charge in [-0.2, -0.15) is 5.10 Å². The number of carbonyl (C=O) groups excluding carboxylic acids is 4. The van der Waals surface area contributed by atoms with Crippen LogP contribution in [0.1, 0.15) is 55.3 Å². The van der Waals surface area contributed by atoms with Crippen molar-refractivity contribution in [2.45, 2.75) is 51.0 Å². The number of nitrogens with one attached hydrogen (secondary N) is 1. The predicted molar refractivity (Wildman–Crippen MR) is 125 cm³/mol. The van der Waals surface area contributed by atoms with Gasteiger partial charge in [-0.1, -0.05) is 25.7 Å². The van der Waals surface area contributed by atoms with Gasteiger partial charge >= 0.3 is 0 Å². The third-order valence-electron chi connectivity index (χ3n) is 6.94. The lowest BCUT2D eigenvalue weighted by Gasteiger charge is -2.30. The van der Waals surface area contributed by atoms with Gasteiger partial charge in [0.15, 0.2) is 0 Å². The van der Waals surface area contributed by atoms with Crippen LogP contribution in [0, 0.1) is 11.8 Å². The van der Waals surface area contributed by atoms with E-state index in [1.165, 1.54) is 4.90 Å². The van der Waals surface area contributed by atoms with E-state index >= 15 is 0 Å². The Hall–Kier alpha value is -3.53. The van der Waals surface area contributed by atoms with Crippen LogP contribution in [0.4, 0.5) is 0 Å². The first-order chi connectivity index (χ1) is 17.0. The highest BCUT2D eigenvalue weighted by Crippen LogP contribution is 2.32. The Bertz CT molecular complexity index is 1030. The number of aromatic nitrogens is 2. The number of rotatable bonds is 9. The monoisotopic (exact) mass is 481 g/mol. The number of benzene rings is 1. The Labute approximate surface area is 203 Å². The van der Waals surface area contributed by atoms with Crippen LogP contribution in [0.3, 0.4) is 0 Å². The van der Waals surface area contributed by atoms with Crippen LogP contribution in [0.2, 0.25) is 0 Å². The molecule has 2 atom stereocenters. The lowest BCUT2D eigenvalue weighted by Crippen LogP contribution is -2.50. The van der Waals surface area contributed by atoms with Gasteiger partial charge in [0.1, 0.15) is 6.04 Å². The molecule has 2 N–H and O–H groups in total. The summed E-state index contributed by atoms with van der Waals surface area (Å²) in [7, 11) is 0. The summed E-state index contributed by atoms with van der Waals surface area (Å²) >= 11 is 0. The van der Waals surface area contributed by atoms with Gasteiger partial charge in [-0.15, -0.1) is 0 Å². The summed E-state index contributed by atoms with van der Waals surface area (Å²) in [6, 6.07) is 7.74. The molecule has 10 heteroatoms. The summed E-state index contributed by atoms with van der Waals surface area (Å²) in [4.78, 5) is 51.6. The number of likely N-dealkylation sites (tertiary alicyclic amines) is 1. The topological polar surface area (TPSA) is 125 Å². The van der Waals surface area contributed by atoms with E-state index in [-0.39, 0.29) is 12.5 Å². The molecule has 4 rings (SSSR count). The average Bonchev–Trinajstić information content (AvgIpc) is 3.66. The van der Waals surface area contributed by atoms with Gasteiger partial charge in [-0.25, -0.2) is 9.75 Å². The molecule has 2 fully saturated rings. The smallest absolute Gasteiger partial charge is 0.257 e. The van der Waals surface area contributed by atoms with Gasteiger partial charge in [0.25, 0.3) is 5.91 Å². The van der Waals surface area contributed by atoms with Crippen LogP contribution in [0.5, 0.6) is 0 Å². The minimum Gasteiger partial charge on any atom is -0.330 e. The first kappa shape index (κ1) is 24.6. The highest BCUT2D eigenvalue weighted by atomic mass is 16.5. The Balaban J connectivity index is 1.40. The van der Waals surface area contributed by atoms with Crippen LogP contribution in [0.15, 0.2) is 42.7 Å². The molecule has 10 nitrogen and oxygen atoms in total. The highest BCUT2D eigenvalue weighted by Gasteiger charge is 2.39. The fraction of sp³-hybridized carbons (Fsp3) is 0.480. The fourth-order valence-electron chi connectivity index (χ4n) is 5.16. The molecule has 0 radical (unpaired) electrons. The average molecular weight is 482 g/mol. The van der Waals surface area contributed by atoms with Gasteiger partial charge in [0.05, 0.1) is 18.2 Å². The number of amides is 4. The number of hydrogen-bond donors (Lipinski definition) is 2. The third kappa shape index (κ3) is 5.94. The van der Waals surface area contributed by atoms with Crippen LogP contribution in [-0.2, 0) is 14.4 Å². The number of carbonyl (C=O) groups is 4. The molecule has 0 bridgehead atoms. The van der Waals surface area contributed by atoms with Crippen molar-refractivity contribution in [3.8, 4) is 5.69 Å². The predicted octanol–water partition coefficient (Wildman–Crippen LogP) is 2.16. The molecule has 1 aliphatic heterocycles. The largest absolute Gasteiger partial charge is 0.330 e. The molecule has 186 valence electrons. The Morgan fingerprint density at radius 1 is 1.14 bits per heavy atom. The van der Waals surface area contributed by atoms with Gasteiger partial charge in [0, 0.05) is 24.5 Å². The van der Waals surface area contributed by atoms with Crippen molar-refractivity contribution in [1.82, 2.24) is 25.1 Å². The van der Waals surface area contributed by atoms with E-state index < -0.39 is 23.8 Å². The molecule has 4 amide bonds. The van der Waals surface area contributed by atoms with E-state index in [4.69, 9.17) is 0 Å². The second-order valence-corrected chi connectivity index (χ2v) is 9.32. The zero-order chi connectivity index (χ0) is 24.8. The summed E-state index contributed by atoms with van der Waals surface area (Å²) in [6.45, 7) is 0.294. The van der Waals surface area contributed by atoms with E-state index in [2.05, 4.69) is 10.4 Å². The van der Waals surface area contributed by atoms with E-state index in [1.807, 2.05) is 0 Å². The van der Waals surface area contributed by atoms with E-state index in [0.29, 0.717) is 48.8 Å². The molecular weight excluding hydrogens is 450 g/mol. The van der Waals surface area contributed by atoms with E-state index in [9.17, 15) is 24.4 Å². The van der Waals surface area contributed by atoms with Crippen molar-refractivity contribution >= 4 is 24.1 Å². The summed E-state index contributed by atoms with van der Waals surface area (Å²) < 4.78 is 1.66. The second-order valence-electron chi connectivity index (χ2n) is 9.32.